The van der Waals surface area contributed by atoms with E-state index in [1.807, 2.05) is 30.5 Å². The Balaban J connectivity index is 1.89. The fourth-order valence-corrected chi connectivity index (χ4v) is 3.12. The number of aromatic nitrogens is 3. The van der Waals surface area contributed by atoms with Gasteiger partial charge in [0.05, 0.1) is 0 Å². The minimum Gasteiger partial charge on any atom is -0.508 e. The number of phenolic OH excluding ortho intramolecular Hbond substituents is 1. The molecule has 2 heterocycles. The van der Waals surface area contributed by atoms with Gasteiger partial charge in [-0.15, -0.1) is 10.2 Å². The first kappa shape index (κ1) is 16.0. The van der Waals surface area contributed by atoms with Crippen LogP contribution in [0.25, 0.3) is 11.3 Å². The molecular formula is C17H13ClN4O2S. The Kier molecular flexibility index (Phi) is 4.10. The van der Waals surface area contributed by atoms with Gasteiger partial charge >= 0.3 is 0 Å². The number of halogens is 1. The molecule has 4 rings (SSSR count). The molecule has 1 aromatic heterocycles. The summed E-state index contributed by atoms with van der Waals surface area (Å²) in [7, 11) is 0. The maximum atomic E-state index is 9.83. The molecule has 0 amide bonds. The molecule has 3 aromatic rings. The molecule has 25 heavy (non-hydrogen) atoms. The number of benzene rings is 2. The summed E-state index contributed by atoms with van der Waals surface area (Å²) in [6.07, 6.45) is 1.24. The molecular weight excluding hydrogens is 360 g/mol. The van der Waals surface area contributed by atoms with E-state index in [4.69, 9.17) is 16.3 Å². The number of fused-ring (bicyclic) bond motifs is 3. The Morgan fingerprint density at radius 2 is 2.04 bits per heavy atom. The lowest BCUT2D eigenvalue weighted by molar-refractivity contribution is 0.225. The van der Waals surface area contributed by atoms with Crippen LogP contribution in [0.4, 0.5) is 5.69 Å². The molecule has 0 fully saturated rings. The lowest BCUT2D eigenvalue weighted by atomic mass is 10.1. The van der Waals surface area contributed by atoms with Gasteiger partial charge in [0.15, 0.2) is 11.9 Å². The van der Waals surface area contributed by atoms with Crippen molar-refractivity contribution in [3.63, 3.8) is 0 Å². The molecule has 2 N–H and O–H groups in total. The second kappa shape index (κ2) is 6.42. The number of para-hydroxylation sites is 1. The van der Waals surface area contributed by atoms with Crippen molar-refractivity contribution in [3.8, 4) is 22.9 Å². The van der Waals surface area contributed by atoms with Gasteiger partial charge in [-0.1, -0.05) is 41.6 Å². The average molecular weight is 373 g/mol. The molecule has 0 bridgehead atoms. The minimum absolute atomic E-state index is 0.105. The summed E-state index contributed by atoms with van der Waals surface area (Å²) in [5.74, 6) is 0.467. The minimum atomic E-state index is -0.631. The van der Waals surface area contributed by atoms with E-state index >= 15 is 0 Å². The molecule has 8 heteroatoms. The van der Waals surface area contributed by atoms with Gasteiger partial charge in [-0.3, -0.25) is 0 Å². The monoisotopic (exact) mass is 372 g/mol. The number of hydrogen-bond acceptors (Lipinski definition) is 7. The van der Waals surface area contributed by atoms with E-state index in [2.05, 4.69) is 20.5 Å². The van der Waals surface area contributed by atoms with Gasteiger partial charge in [0.1, 0.15) is 5.75 Å². The number of ether oxygens (including phenoxy) is 1. The lowest BCUT2D eigenvalue weighted by Crippen LogP contribution is -2.17. The van der Waals surface area contributed by atoms with Gasteiger partial charge in [-0.2, -0.15) is 4.98 Å². The second-order valence-electron chi connectivity index (χ2n) is 5.35. The van der Waals surface area contributed by atoms with Crippen molar-refractivity contribution < 1.29 is 9.84 Å². The lowest BCUT2D eigenvalue weighted by Gasteiger charge is -2.20. The van der Waals surface area contributed by atoms with Crippen molar-refractivity contribution in [1.29, 1.82) is 0 Å². The highest BCUT2D eigenvalue weighted by Crippen LogP contribution is 2.40. The zero-order valence-electron chi connectivity index (χ0n) is 13.1. The maximum Gasteiger partial charge on any atom is 0.247 e. The van der Waals surface area contributed by atoms with Crippen LogP contribution in [0.2, 0.25) is 5.02 Å². The first-order valence-corrected chi connectivity index (χ1v) is 9.05. The van der Waals surface area contributed by atoms with Gasteiger partial charge in [0.2, 0.25) is 11.0 Å². The summed E-state index contributed by atoms with van der Waals surface area (Å²) >= 11 is 7.69. The third-order valence-electron chi connectivity index (χ3n) is 3.78. The molecule has 2 aromatic carbocycles. The van der Waals surface area contributed by atoms with Crippen LogP contribution >= 0.6 is 23.4 Å². The van der Waals surface area contributed by atoms with Crippen molar-refractivity contribution in [1.82, 2.24) is 15.2 Å². The Labute approximate surface area is 153 Å². The van der Waals surface area contributed by atoms with Crippen LogP contribution in [-0.4, -0.2) is 26.5 Å². The van der Waals surface area contributed by atoms with Crippen molar-refractivity contribution in [3.05, 3.63) is 53.1 Å². The number of hydrogen-bond donors (Lipinski definition) is 2. The van der Waals surface area contributed by atoms with Crippen molar-refractivity contribution in [2.24, 2.45) is 0 Å². The Morgan fingerprint density at radius 3 is 2.88 bits per heavy atom. The summed E-state index contributed by atoms with van der Waals surface area (Å²) in [6.45, 7) is 0. The van der Waals surface area contributed by atoms with Gasteiger partial charge in [-0.05, 0) is 30.5 Å². The highest BCUT2D eigenvalue weighted by molar-refractivity contribution is 7.98. The fraction of sp³-hybridized carbons (Fsp3) is 0.118. The number of anilines is 1. The number of nitrogens with zero attached hydrogens (tertiary/aromatic N) is 3. The van der Waals surface area contributed by atoms with E-state index in [0.717, 1.165) is 11.3 Å². The molecule has 1 aliphatic rings. The van der Waals surface area contributed by atoms with Gasteiger partial charge in [0, 0.05) is 21.8 Å². The molecule has 0 unspecified atom stereocenters. The van der Waals surface area contributed by atoms with Crippen LogP contribution in [0.1, 0.15) is 11.8 Å². The van der Waals surface area contributed by atoms with Crippen LogP contribution < -0.4 is 10.1 Å². The van der Waals surface area contributed by atoms with Crippen LogP contribution in [0, 0.1) is 0 Å². The standard InChI is InChI=1S/C17H13ClN4O2S/c1-25-17-20-16-14(21-22-17)10-4-2-3-5-13(10)19-15(24-16)11-8-9(23)6-7-12(11)18/h2-8,15,19,23H,1H3/t15-/m0/s1. The Hall–Kier alpha value is -2.51. The van der Waals surface area contributed by atoms with Crippen LogP contribution in [0.3, 0.4) is 0 Å². The summed E-state index contributed by atoms with van der Waals surface area (Å²) < 4.78 is 6.07. The summed E-state index contributed by atoms with van der Waals surface area (Å²) in [5, 5.41) is 22.5. The van der Waals surface area contributed by atoms with E-state index in [-0.39, 0.29) is 5.75 Å². The first-order chi connectivity index (χ1) is 12.2. The zero-order valence-corrected chi connectivity index (χ0v) is 14.7. The van der Waals surface area contributed by atoms with Crippen molar-refractivity contribution >= 4 is 29.1 Å². The zero-order chi connectivity index (χ0) is 17.4. The van der Waals surface area contributed by atoms with Gasteiger partial charge in [-0.25, -0.2) is 0 Å². The van der Waals surface area contributed by atoms with Crippen LogP contribution in [0.15, 0.2) is 47.6 Å². The quantitative estimate of drug-likeness (QED) is 0.655. The molecule has 6 nitrogen and oxygen atoms in total. The molecule has 0 aliphatic carbocycles. The topological polar surface area (TPSA) is 80.2 Å². The molecule has 0 saturated carbocycles. The molecule has 0 saturated heterocycles. The number of nitrogens with one attached hydrogen (secondary N) is 1. The van der Waals surface area contributed by atoms with Crippen LogP contribution in [0.5, 0.6) is 11.6 Å². The average Bonchev–Trinajstić information content (AvgIpc) is 2.79. The van der Waals surface area contributed by atoms with E-state index in [1.54, 1.807) is 12.1 Å². The highest BCUT2D eigenvalue weighted by Gasteiger charge is 2.27. The summed E-state index contributed by atoms with van der Waals surface area (Å²) in [4.78, 5) is 4.44. The number of aromatic hydroxyl groups is 1. The van der Waals surface area contributed by atoms with Crippen molar-refractivity contribution in [2.45, 2.75) is 11.4 Å². The van der Waals surface area contributed by atoms with Crippen LogP contribution in [-0.2, 0) is 0 Å². The normalized spacial score (nSPS) is 15.4. The van der Waals surface area contributed by atoms with Gasteiger partial charge in [0.25, 0.3) is 0 Å². The molecule has 0 spiro atoms. The fourth-order valence-electron chi connectivity index (χ4n) is 2.61. The smallest absolute Gasteiger partial charge is 0.247 e. The SMILES string of the molecule is CSc1nnc2c(n1)O[C@@H](c1cc(O)ccc1Cl)Nc1ccccc1-2. The highest BCUT2D eigenvalue weighted by atomic mass is 35.5. The molecule has 0 radical (unpaired) electrons. The number of phenols is 1. The molecule has 1 atom stereocenters. The second-order valence-corrected chi connectivity index (χ2v) is 6.53. The maximum absolute atomic E-state index is 9.83. The summed E-state index contributed by atoms with van der Waals surface area (Å²) in [6, 6.07) is 12.4. The third kappa shape index (κ3) is 2.96. The van der Waals surface area contributed by atoms with Gasteiger partial charge < -0.3 is 15.2 Å². The predicted octanol–water partition coefficient (Wildman–Crippen LogP) is 4.12. The largest absolute Gasteiger partial charge is 0.508 e. The Morgan fingerprint density at radius 1 is 1.20 bits per heavy atom. The number of thioether (sulfide) groups is 1. The third-order valence-corrected chi connectivity index (χ3v) is 4.66. The predicted molar refractivity (Wildman–Crippen MR) is 97.2 cm³/mol. The summed E-state index contributed by atoms with van der Waals surface area (Å²) in [5.41, 5.74) is 2.82. The van der Waals surface area contributed by atoms with Crippen molar-refractivity contribution in [2.75, 3.05) is 11.6 Å². The van der Waals surface area contributed by atoms with E-state index in [1.165, 1.54) is 17.8 Å². The van der Waals surface area contributed by atoms with E-state index in [0.29, 0.717) is 27.3 Å². The molecule has 126 valence electrons. The number of rotatable bonds is 2. The van der Waals surface area contributed by atoms with E-state index in [9.17, 15) is 5.11 Å². The first-order valence-electron chi connectivity index (χ1n) is 7.45. The Bertz CT molecular complexity index is 954. The van der Waals surface area contributed by atoms with E-state index < -0.39 is 6.23 Å². The molecule has 1 aliphatic heterocycles.